The van der Waals surface area contributed by atoms with Crippen molar-refractivity contribution in [2.24, 2.45) is 5.14 Å². The van der Waals surface area contributed by atoms with Crippen molar-refractivity contribution in [3.63, 3.8) is 0 Å². The maximum atomic E-state index is 11.5. The summed E-state index contributed by atoms with van der Waals surface area (Å²) in [4.78, 5) is 0.0914. The zero-order valence-electron chi connectivity index (χ0n) is 9.97. The van der Waals surface area contributed by atoms with Crippen LogP contribution in [0.4, 0.5) is 0 Å². The molecule has 0 fully saturated rings. The number of primary sulfonamides is 1. The summed E-state index contributed by atoms with van der Waals surface area (Å²) in [7, 11) is -3.87. The minimum absolute atomic E-state index is 0.0553. The van der Waals surface area contributed by atoms with Crippen LogP contribution in [0.5, 0.6) is 0 Å². The lowest BCUT2D eigenvalue weighted by Crippen LogP contribution is -2.12. The normalized spacial score (nSPS) is 11.9. The van der Waals surface area contributed by atoms with Gasteiger partial charge in [-0.05, 0) is 17.5 Å². The van der Waals surface area contributed by atoms with Crippen molar-refractivity contribution in [3.8, 4) is 6.07 Å². The molecular weight excluding hydrogens is 268 g/mol. The molecule has 0 amide bonds. The van der Waals surface area contributed by atoms with Gasteiger partial charge in [0.05, 0.1) is 0 Å². The standard InChI is InChI=1S/C12H12N2O2S2/c1-7(2)8-3-4-9-10(5-8)17-11(6-13)12(9)18(14,15)16/h3-5,7H,1-2H3,(H2,14,15,16). The highest BCUT2D eigenvalue weighted by Gasteiger charge is 2.21. The predicted octanol–water partition coefficient (Wildman–Crippen LogP) is 2.54. The number of nitrogens with zero attached hydrogens (tertiary/aromatic N) is 1. The number of thiophene rings is 1. The van der Waals surface area contributed by atoms with Crippen LogP contribution in [0.25, 0.3) is 10.1 Å². The van der Waals surface area contributed by atoms with Gasteiger partial charge in [0.1, 0.15) is 15.8 Å². The maximum absolute atomic E-state index is 11.5. The molecule has 94 valence electrons. The average Bonchev–Trinajstić information content (AvgIpc) is 2.65. The molecule has 2 N–H and O–H groups in total. The summed E-state index contributed by atoms with van der Waals surface area (Å²) < 4.78 is 23.9. The number of fused-ring (bicyclic) bond motifs is 1. The van der Waals surface area contributed by atoms with E-state index in [0.29, 0.717) is 11.3 Å². The minimum atomic E-state index is -3.87. The lowest BCUT2D eigenvalue weighted by Gasteiger charge is -2.04. The number of nitriles is 1. The van der Waals surface area contributed by atoms with Crippen LogP contribution in [0.3, 0.4) is 0 Å². The fourth-order valence-electron chi connectivity index (χ4n) is 1.80. The van der Waals surface area contributed by atoms with Gasteiger partial charge in [-0.25, -0.2) is 13.6 Å². The van der Waals surface area contributed by atoms with Crippen molar-refractivity contribution in [1.29, 1.82) is 5.26 Å². The molecule has 4 nitrogen and oxygen atoms in total. The molecule has 0 saturated heterocycles. The lowest BCUT2D eigenvalue weighted by atomic mass is 10.0. The number of rotatable bonds is 2. The highest BCUT2D eigenvalue weighted by Crippen LogP contribution is 2.35. The quantitative estimate of drug-likeness (QED) is 0.917. The van der Waals surface area contributed by atoms with E-state index < -0.39 is 10.0 Å². The van der Waals surface area contributed by atoms with Crippen molar-refractivity contribution >= 4 is 31.4 Å². The average molecular weight is 280 g/mol. The van der Waals surface area contributed by atoms with Crippen molar-refractivity contribution in [1.82, 2.24) is 0 Å². The van der Waals surface area contributed by atoms with Gasteiger partial charge in [-0.3, -0.25) is 0 Å². The predicted molar refractivity (Wildman–Crippen MR) is 72.0 cm³/mol. The molecule has 2 aromatic rings. The van der Waals surface area contributed by atoms with E-state index in [1.165, 1.54) is 0 Å². The number of sulfonamides is 1. The van der Waals surface area contributed by atoms with Crippen LogP contribution in [0.15, 0.2) is 23.1 Å². The molecule has 0 spiro atoms. The van der Waals surface area contributed by atoms with Gasteiger partial charge in [0.15, 0.2) is 0 Å². The Hall–Kier alpha value is -1.42. The molecule has 0 aliphatic rings. The largest absolute Gasteiger partial charge is 0.240 e. The third kappa shape index (κ3) is 2.12. The molecule has 18 heavy (non-hydrogen) atoms. The van der Waals surface area contributed by atoms with Crippen LogP contribution in [0.1, 0.15) is 30.2 Å². The van der Waals surface area contributed by atoms with Crippen molar-refractivity contribution < 1.29 is 8.42 Å². The molecule has 1 heterocycles. The molecule has 6 heteroatoms. The van der Waals surface area contributed by atoms with Crippen molar-refractivity contribution in [2.75, 3.05) is 0 Å². The Bertz CT molecular complexity index is 752. The van der Waals surface area contributed by atoms with Gasteiger partial charge in [-0.2, -0.15) is 5.26 Å². The topological polar surface area (TPSA) is 84.0 Å². The van der Waals surface area contributed by atoms with Crippen LogP contribution >= 0.6 is 11.3 Å². The summed E-state index contributed by atoms with van der Waals surface area (Å²) in [6, 6.07) is 7.41. The SMILES string of the molecule is CC(C)c1ccc2c(S(N)(=O)=O)c(C#N)sc2c1. The van der Waals surface area contributed by atoms with Crippen molar-refractivity contribution in [3.05, 3.63) is 28.6 Å². The molecule has 0 atom stereocenters. The van der Waals surface area contributed by atoms with Gasteiger partial charge in [-0.1, -0.05) is 26.0 Å². The highest BCUT2D eigenvalue weighted by atomic mass is 32.2. The van der Waals surface area contributed by atoms with Crippen LogP contribution in [0, 0.1) is 11.3 Å². The summed E-state index contributed by atoms with van der Waals surface area (Å²) in [5.41, 5.74) is 1.11. The maximum Gasteiger partial charge on any atom is 0.240 e. The summed E-state index contributed by atoms with van der Waals surface area (Å²) in [5.74, 6) is 0.347. The Morgan fingerprint density at radius 3 is 2.56 bits per heavy atom. The number of benzene rings is 1. The summed E-state index contributed by atoms with van der Waals surface area (Å²) in [5, 5.41) is 14.7. The second kappa shape index (κ2) is 4.35. The first-order valence-corrected chi connectivity index (χ1v) is 7.70. The zero-order chi connectivity index (χ0) is 13.5. The van der Waals surface area contributed by atoms with Gasteiger partial charge in [0.2, 0.25) is 10.0 Å². The van der Waals surface area contributed by atoms with E-state index in [0.717, 1.165) is 21.6 Å². The number of hydrogen-bond donors (Lipinski definition) is 1. The number of hydrogen-bond acceptors (Lipinski definition) is 4. The molecule has 0 bridgehead atoms. The first-order valence-electron chi connectivity index (χ1n) is 5.34. The lowest BCUT2D eigenvalue weighted by molar-refractivity contribution is 0.598. The fraction of sp³-hybridized carbons (Fsp3) is 0.250. The summed E-state index contributed by atoms with van der Waals surface area (Å²) in [6.45, 7) is 4.11. The smallest absolute Gasteiger partial charge is 0.225 e. The van der Waals surface area contributed by atoms with Gasteiger partial charge in [0.25, 0.3) is 0 Å². The minimum Gasteiger partial charge on any atom is -0.225 e. The fourth-order valence-corrected chi connectivity index (χ4v) is 4.07. The van der Waals surface area contributed by atoms with Crippen LogP contribution < -0.4 is 5.14 Å². The third-order valence-electron chi connectivity index (χ3n) is 2.72. The van der Waals surface area contributed by atoms with Gasteiger partial charge in [-0.15, -0.1) is 11.3 Å². The first-order chi connectivity index (χ1) is 8.34. The van der Waals surface area contributed by atoms with E-state index in [4.69, 9.17) is 10.4 Å². The molecule has 0 radical (unpaired) electrons. The van der Waals surface area contributed by atoms with Gasteiger partial charge < -0.3 is 0 Å². The van der Waals surface area contributed by atoms with Crippen LogP contribution in [-0.4, -0.2) is 8.42 Å². The van der Waals surface area contributed by atoms with E-state index in [-0.39, 0.29) is 9.77 Å². The Morgan fingerprint density at radius 2 is 2.06 bits per heavy atom. The Balaban J connectivity index is 2.84. The first kappa shape index (κ1) is 13.0. The monoisotopic (exact) mass is 280 g/mol. The molecular formula is C12H12N2O2S2. The molecule has 0 aliphatic heterocycles. The molecule has 0 aliphatic carbocycles. The molecule has 1 aromatic carbocycles. The Kier molecular flexibility index (Phi) is 3.15. The highest BCUT2D eigenvalue weighted by molar-refractivity contribution is 7.89. The molecule has 2 rings (SSSR count). The Labute approximate surface area is 110 Å². The van der Waals surface area contributed by atoms with Crippen LogP contribution in [-0.2, 0) is 10.0 Å². The van der Waals surface area contributed by atoms with E-state index >= 15 is 0 Å². The van der Waals surface area contributed by atoms with E-state index in [1.54, 1.807) is 6.07 Å². The molecule has 0 saturated carbocycles. The van der Waals surface area contributed by atoms with Crippen molar-refractivity contribution in [2.45, 2.75) is 24.7 Å². The van der Waals surface area contributed by atoms with Crippen LogP contribution in [0.2, 0.25) is 0 Å². The van der Waals surface area contributed by atoms with E-state index in [9.17, 15) is 8.42 Å². The van der Waals surface area contributed by atoms with E-state index in [2.05, 4.69) is 13.8 Å². The van der Waals surface area contributed by atoms with Gasteiger partial charge >= 0.3 is 0 Å². The second-order valence-electron chi connectivity index (χ2n) is 4.33. The summed E-state index contributed by atoms with van der Waals surface area (Å²) >= 11 is 1.16. The summed E-state index contributed by atoms with van der Waals surface area (Å²) in [6.07, 6.45) is 0. The number of nitrogens with two attached hydrogens (primary N) is 1. The Morgan fingerprint density at radius 1 is 1.39 bits per heavy atom. The van der Waals surface area contributed by atoms with Gasteiger partial charge in [0, 0.05) is 10.1 Å². The third-order valence-corrected chi connectivity index (χ3v) is 4.90. The molecule has 0 unspecified atom stereocenters. The zero-order valence-corrected chi connectivity index (χ0v) is 11.6. The molecule has 1 aromatic heterocycles. The second-order valence-corrected chi connectivity index (χ2v) is 6.88. The van der Waals surface area contributed by atoms with E-state index in [1.807, 2.05) is 18.2 Å².